The van der Waals surface area contributed by atoms with Gasteiger partial charge < -0.3 is 4.74 Å². The largest absolute Gasteiger partial charge is 0.466 e. The van der Waals surface area contributed by atoms with E-state index in [2.05, 4.69) is 4.74 Å². The number of rotatable bonds is 3. The maximum Gasteiger partial charge on any atom is 0.330 e. The van der Waals surface area contributed by atoms with E-state index in [0.29, 0.717) is 0 Å². The van der Waals surface area contributed by atoms with Crippen molar-refractivity contribution in [1.82, 2.24) is 0 Å². The predicted molar refractivity (Wildman–Crippen MR) is 52.8 cm³/mol. The van der Waals surface area contributed by atoms with Gasteiger partial charge in [-0.2, -0.15) is 0 Å². The minimum absolute atomic E-state index is 0.0478. The number of allylic oxidation sites excluding steroid dienone is 1. The Labute approximate surface area is 88.1 Å². The van der Waals surface area contributed by atoms with E-state index in [-0.39, 0.29) is 22.5 Å². The first-order chi connectivity index (χ1) is 6.41. The molecule has 4 heteroatoms. The first-order valence-electron chi connectivity index (χ1n) is 4.36. The smallest absolute Gasteiger partial charge is 0.330 e. The van der Waals surface area contributed by atoms with Crippen molar-refractivity contribution in [1.29, 1.82) is 0 Å². The lowest BCUT2D eigenvalue weighted by molar-refractivity contribution is -0.134. The number of halogens is 1. The zero-order valence-corrected chi connectivity index (χ0v) is 9.17. The van der Waals surface area contributed by atoms with Gasteiger partial charge in [-0.25, -0.2) is 4.79 Å². The molecule has 0 heterocycles. The first-order valence-corrected chi connectivity index (χ1v) is 4.74. The van der Waals surface area contributed by atoms with Crippen molar-refractivity contribution in [2.45, 2.75) is 13.8 Å². The molecule has 0 aromatic heterocycles. The molecule has 0 bridgehead atoms. The fourth-order valence-corrected chi connectivity index (χ4v) is 2.14. The normalized spacial score (nSPS) is 28.9. The van der Waals surface area contributed by atoms with Gasteiger partial charge in [0.25, 0.3) is 0 Å². The summed E-state index contributed by atoms with van der Waals surface area (Å²) in [6.07, 6.45) is 3.03. The van der Waals surface area contributed by atoms with E-state index in [9.17, 15) is 9.59 Å². The Balaban J connectivity index is 2.61. The quantitative estimate of drug-likeness (QED) is 0.410. The highest BCUT2D eigenvalue weighted by Gasteiger charge is 2.59. The number of ether oxygens (including phenoxy) is 1. The van der Waals surface area contributed by atoms with Gasteiger partial charge in [0.2, 0.25) is 5.24 Å². The van der Waals surface area contributed by atoms with E-state index in [1.165, 1.54) is 13.2 Å². The molecule has 0 aromatic carbocycles. The molecule has 14 heavy (non-hydrogen) atoms. The van der Waals surface area contributed by atoms with Gasteiger partial charge in [0.1, 0.15) is 0 Å². The van der Waals surface area contributed by atoms with Crippen LogP contribution in [0.15, 0.2) is 12.2 Å². The molecule has 0 aliphatic heterocycles. The lowest BCUT2D eigenvalue weighted by Gasteiger charge is -1.96. The lowest BCUT2D eigenvalue weighted by atomic mass is 10.1. The Morgan fingerprint density at radius 1 is 1.43 bits per heavy atom. The lowest BCUT2D eigenvalue weighted by Crippen LogP contribution is -1.96. The highest BCUT2D eigenvalue weighted by molar-refractivity contribution is 6.64. The zero-order valence-electron chi connectivity index (χ0n) is 8.41. The Morgan fingerprint density at radius 2 is 2.00 bits per heavy atom. The maximum atomic E-state index is 11.0. The first kappa shape index (κ1) is 11.2. The molecule has 0 amide bonds. The molecule has 1 saturated carbocycles. The highest BCUT2D eigenvalue weighted by atomic mass is 35.5. The Bertz CT molecular complexity index is 294. The summed E-state index contributed by atoms with van der Waals surface area (Å²) in [7, 11) is 1.31. The van der Waals surface area contributed by atoms with E-state index >= 15 is 0 Å². The number of hydrogen-bond acceptors (Lipinski definition) is 3. The Hall–Kier alpha value is -0.830. The minimum atomic E-state index is -0.409. The van der Waals surface area contributed by atoms with Crippen LogP contribution >= 0.6 is 11.6 Å². The van der Waals surface area contributed by atoms with Gasteiger partial charge in [-0.15, -0.1) is 0 Å². The SMILES string of the molecule is COC(=O)C=C[C@@H]1[C@@H](C(=O)Cl)C1(C)C. The van der Waals surface area contributed by atoms with Crippen molar-refractivity contribution in [3.05, 3.63) is 12.2 Å². The van der Waals surface area contributed by atoms with Crippen molar-refractivity contribution < 1.29 is 14.3 Å². The van der Waals surface area contributed by atoms with E-state index in [1.54, 1.807) is 6.08 Å². The molecule has 3 nitrogen and oxygen atoms in total. The Kier molecular flexibility index (Phi) is 3.00. The molecule has 0 unspecified atom stereocenters. The number of hydrogen-bond donors (Lipinski definition) is 0. The van der Waals surface area contributed by atoms with Gasteiger partial charge in [0, 0.05) is 12.0 Å². The molecule has 78 valence electrons. The average Bonchev–Trinajstić information content (AvgIpc) is 2.64. The van der Waals surface area contributed by atoms with Gasteiger partial charge >= 0.3 is 5.97 Å². The van der Waals surface area contributed by atoms with E-state index < -0.39 is 5.97 Å². The summed E-state index contributed by atoms with van der Waals surface area (Å²) in [4.78, 5) is 21.8. The second kappa shape index (κ2) is 3.73. The second-order valence-electron chi connectivity index (χ2n) is 4.01. The fourth-order valence-electron chi connectivity index (χ4n) is 1.72. The third kappa shape index (κ3) is 1.98. The third-order valence-electron chi connectivity index (χ3n) is 2.80. The monoisotopic (exact) mass is 216 g/mol. The van der Waals surface area contributed by atoms with Crippen molar-refractivity contribution >= 4 is 22.8 Å². The summed E-state index contributed by atoms with van der Waals surface area (Å²) in [6, 6.07) is 0. The van der Waals surface area contributed by atoms with Gasteiger partial charge in [0.05, 0.1) is 7.11 Å². The molecular formula is C10H13ClO3. The van der Waals surface area contributed by atoms with Crippen LogP contribution in [-0.2, 0) is 14.3 Å². The van der Waals surface area contributed by atoms with Gasteiger partial charge in [-0.1, -0.05) is 19.9 Å². The summed E-state index contributed by atoms with van der Waals surface area (Å²) in [5.74, 6) is -0.537. The highest BCUT2D eigenvalue weighted by Crippen LogP contribution is 2.59. The summed E-state index contributed by atoms with van der Waals surface area (Å²) in [6.45, 7) is 3.90. The summed E-state index contributed by atoms with van der Waals surface area (Å²) in [5.41, 5.74) is -0.136. The second-order valence-corrected chi connectivity index (χ2v) is 4.38. The summed E-state index contributed by atoms with van der Waals surface area (Å²) < 4.78 is 4.45. The molecule has 0 radical (unpaired) electrons. The van der Waals surface area contributed by atoms with Crippen LogP contribution in [0.25, 0.3) is 0 Å². The number of carbonyl (C=O) groups is 2. The third-order valence-corrected chi connectivity index (χ3v) is 3.03. The minimum Gasteiger partial charge on any atom is -0.466 e. The zero-order chi connectivity index (χ0) is 10.9. The molecule has 1 rings (SSSR count). The van der Waals surface area contributed by atoms with Crippen LogP contribution in [0.5, 0.6) is 0 Å². The molecule has 0 saturated heterocycles. The van der Waals surface area contributed by atoms with Crippen LogP contribution in [0.2, 0.25) is 0 Å². The van der Waals surface area contributed by atoms with Crippen LogP contribution < -0.4 is 0 Å². The molecule has 1 fully saturated rings. The van der Waals surface area contributed by atoms with Crippen LogP contribution in [0.4, 0.5) is 0 Å². The maximum absolute atomic E-state index is 11.0. The van der Waals surface area contributed by atoms with Gasteiger partial charge in [0.15, 0.2) is 0 Å². The van der Waals surface area contributed by atoms with Gasteiger partial charge in [-0.05, 0) is 22.9 Å². The van der Waals surface area contributed by atoms with Crippen molar-refractivity contribution in [3.63, 3.8) is 0 Å². The van der Waals surface area contributed by atoms with E-state index in [1.807, 2.05) is 13.8 Å². The van der Waals surface area contributed by atoms with Crippen molar-refractivity contribution in [2.75, 3.05) is 7.11 Å². The number of carbonyl (C=O) groups excluding carboxylic acids is 2. The molecule has 1 aliphatic rings. The van der Waals surface area contributed by atoms with Gasteiger partial charge in [-0.3, -0.25) is 4.79 Å². The molecule has 2 atom stereocenters. The van der Waals surface area contributed by atoms with Crippen LogP contribution in [0, 0.1) is 17.3 Å². The summed E-state index contributed by atoms with van der Waals surface area (Å²) in [5, 5.41) is -0.338. The number of esters is 1. The predicted octanol–water partition coefficient (Wildman–Crippen LogP) is 1.75. The fraction of sp³-hybridized carbons (Fsp3) is 0.600. The topological polar surface area (TPSA) is 43.4 Å². The number of methoxy groups -OCH3 is 1. The van der Waals surface area contributed by atoms with Crippen LogP contribution in [0.1, 0.15) is 13.8 Å². The molecule has 0 spiro atoms. The molecule has 1 aliphatic carbocycles. The van der Waals surface area contributed by atoms with Crippen molar-refractivity contribution in [3.8, 4) is 0 Å². The average molecular weight is 217 g/mol. The Morgan fingerprint density at radius 3 is 2.36 bits per heavy atom. The molecular weight excluding hydrogens is 204 g/mol. The molecule has 0 aromatic rings. The molecule has 0 N–H and O–H groups in total. The van der Waals surface area contributed by atoms with E-state index in [4.69, 9.17) is 11.6 Å². The van der Waals surface area contributed by atoms with Crippen molar-refractivity contribution in [2.24, 2.45) is 17.3 Å². The van der Waals surface area contributed by atoms with Crippen LogP contribution in [-0.4, -0.2) is 18.3 Å². The standard InChI is InChI=1S/C10H13ClO3/c1-10(2)6(8(10)9(11)13)4-5-7(12)14-3/h4-6,8H,1-3H3/t6-,8+/m1/s1. The van der Waals surface area contributed by atoms with E-state index in [0.717, 1.165) is 0 Å². The van der Waals surface area contributed by atoms with Crippen LogP contribution in [0.3, 0.4) is 0 Å². The summed E-state index contributed by atoms with van der Waals surface area (Å²) >= 11 is 5.41.